The van der Waals surface area contributed by atoms with E-state index in [1.54, 1.807) is 36.4 Å². The lowest BCUT2D eigenvalue weighted by Crippen LogP contribution is -2.10. The summed E-state index contributed by atoms with van der Waals surface area (Å²) in [7, 11) is 3.88. The van der Waals surface area contributed by atoms with Gasteiger partial charge in [-0.15, -0.1) is 0 Å². The molecule has 0 radical (unpaired) electrons. The third-order valence-corrected chi connectivity index (χ3v) is 4.88. The van der Waals surface area contributed by atoms with Crippen molar-refractivity contribution in [2.24, 2.45) is 0 Å². The van der Waals surface area contributed by atoms with Crippen LogP contribution in [0.2, 0.25) is 5.02 Å². The summed E-state index contributed by atoms with van der Waals surface area (Å²) in [5, 5.41) is 11.8. The fraction of sp³-hybridized carbons (Fsp3) is 0.0870. The van der Waals surface area contributed by atoms with Crippen molar-refractivity contribution in [2.75, 3.05) is 19.0 Å². The molecule has 146 valence electrons. The van der Waals surface area contributed by atoms with Crippen molar-refractivity contribution in [3.05, 3.63) is 82.1 Å². The van der Waals surface area contributed by atoms with Crippen molar-refractivity contribution in [3.63, 3.8) is 0 Å². The van der Waals surface area contributed by atoms with Crippen LogP contribution in [0.1, 0.15) is 0 Å². The number of hydrogen-bond acceptors (Lipinski definition) is 4. The van der Waals surface area contributed by atoms with Crippen LogP contribution in [-0.4, -0.2) is 24.2 Å². The number of H-pyrrole nitrogens is 1. The molecule has 0 bridgehead atoms. The molecule has 5 nitrogen and oxygen atoms in total. The highest BCUT2D eigenvalue weighted by molar-refractivity contribution is 6.31. The van der Waals surface area contributed by atoms with Crippen molar-refractivity contribution in [1.82, 2.24) is 4.98 Å². The molecule has 0 aliphatic heterocycles. The molecule has 2 N–H and O–H groups in total. The van der Waals surface area contributed by atoms with Crippen LogP contribution in [-0.2, 0) is 0 Å². The van der Waals surface area contributed by atoms with E-state index in [0.29, 0.717) is 33.0 Å². The molecule has 0 saturated carbocycles. The first kappa shape index (κ1) is 18.9. The van der Waals surface area contributed by atoms with Gasteiger partial charge >= 0.3 is 0 Å². The number of nitrogens with one attached hydrogen (secondary N) is 1. The van der Waals surface area contributed by atoms with E-state index in [1.165, 1.54) is 0 Å². The Hall–Kier alpha value is -3.44. The number of nitrogens with zero attached hydrogens (tertiary/aromatic N) is 1. The van der Waals surface area contributed by atoms with E-state index in [-0.39, 0.29) is 11.3 Å². The minimum Gasteiger partial charge on any atom is -0.506 e. The SMILES string of the molecule is CN(C)c1ccccc1Oc1cccc(-c2c(O)c3ccc(Cl)cc3[nH]c2=O)c1. The van der Waals surface area contributed by atoms with Crippen LogP contribution in [0.4, 0.5) is 5.69 Å². The number of hydrogen-bond donors (Lipinski definition) is 2. The molecule has 4 aromatic rings. The summed E-state index contributed by atoms with van der Waals surface area (Å²) >= 11 is 5.99. The standard InChI is InChI=1S/C23H19ClN2O3/c1-26(2)19-8-3-4-9-20(19)29-16-7-5-6-14(12-16)21-22(27)17-11-10-15(24)13-18(17)25-23(21)28/h3-13H,1-2H3,(H2,25,27,28). The number of aromatic hydroxyl groups is 1. The topological polar surface area (TPSA) is 65.6 Å². The maximum Gasteiger partial charge on any atom is 0.260 e. The highest BCUT2D eigenvalue weighted by Gasteiger charge is 2.15. The molecule has 0 amide bonds. The molecule has 0 aliphatic rings. The summed E-state index contributed by atoms with van der Waals surface area (Å²) in [5.41, 5.74) is 1.76. The van der Waals surface area contributed by atoms with Gasteiger partial charge in [-0.05, 0) is 48.0 Å². The van der Waals surface area contributed by atoms with Crippen molar-refractivity contribution in [3.8, 4) is 28.4 Å². The quantitative estimate of drug-likeness (QED) is 0.475. The van der Waals surface area contributed by atoms with E-state index in [9.17, 15) is 9.90 Å². The fourth-order valence-electron chi connectivity index (χ4n) is 3.28. The number of aromatic amines is 1. The summed E-state index contributed by atoms with van der Waals surface area (Å²) in [6.07, 6.45) is 0. The normalized spacial score (nSPS) is 10.9. The van der Waals surface area contributed by atoms with Gasteiger partial charge in [0.15, 0.2) is 5.75 Å². The van der Waals surface area contributed by atoms with Crippen LogP contribution in [0.15, 0.2) is 71.5 Å². The van der Waals surface area contributed by atoms with Gasteiger partial charge in [0.1, 0.15) is 11.5 Å². The monoisotopic (exact) mass is 406 g/mol. The van der Waals surface area contributed by atoms with E-state index in [0.717, 1.165) is 5.69 Å². The smallest absolute Gasteiger partial charge is 0.260 e. The van der Waals surface area contributed by atoms with Crippen molar-refractivity contribution in [1.29, 1.82) is 0 Å². The Bertz CT molecular complexity index is 1260. The molecule has 0 spiro atoms. The van der Waals surface area contributed by atoms with Crippen LogP contribution in [0, 0.1) is 0 Å². The maximum atomic E-state index is 12.7. The van der Waals surface area contributed by atoms with E-state index < -0.39 is 5.56 Å². The largest absolute Gasteiger partial charge is 0.506 e. The van der Waals surface area contributed by atoms with Gasteiger partial charge in [0.2, 0.25) is 0 Å². The van der Waals surface area contributed by atoms with E-state index in [4.69, 9.17) is 16.3 Å². The van der Waals surface area contributed by atoms with Gasteiger partial charge in [0.05, 0.1) is 16.8 Å². The molecule has 1 aromatic heterocycles. The fourth-order valence-corrected chi connectivity index (χ4v) is 3.45. The summed E-state index contributed by atoms with van der Waals surface area (Å²) in [5.74, 6) is 1.17. The van der Waals surface area contributed by atoms with Crippen LogP contribution in [0.25, 0.3) is 22.0 Å². The van der Waals surface area contributed by atoms with Crippen molar-refractivity contribution >= 4 is 28.2 Å². The van der Waals surface area contributed by atoms with E-state index in [2.05, 4.69) is 4.98 Å². The molecule has 3 aromatic carbocycles. The molecule has 29 heavy (non-hydrogen) atoms. The number of halogens is 1. The Morgan fingerprint density at radius 2 is 1.79 bits per heavy atom. The van der Waals surface area contributed by atoms with E-state index >= 15 is 0 Å². The van der Waals surface area contributed by atoms with Gasteiger partial charge in [0.25, 0.3) is 5.56 Å². The predicted octanol–water partition coefficient (Wildman–Crippen LogP) is 5.41. The minimum atomic E-state index is -0.400. The number of para-hydroxylation sites is 2. The van der Waals surface area contributed by atoms with Gasteiger partial charge in [-0.3, -0.25) is 4.79 Å². The Labute approximate surface area is 172 Å². The lowest BCUT2D eigenvalue weighted by atomic mass is 10.0. The summed E-state index contributed by atoms with van der Waals surface area (Å²) in [6.45, 7) is 0. The molecular weight excluding hydrogens is 388 g/mol. The zero-order valence-corrected chi connectivity index (χ0v) is 16.7. The average Bonchev–Trinajstić information content (AvgIpc) is 2.68. The van der Waals surface area contributed by atoms with Crippen LogP contribution in [0.3, 0.4) is 0 Å². The number of benzene rings is 3. The van der Waals surface area contributed by atoms with Crippen LogP contribution >= 0.6 is 11.6 Å². The molecular formula is C23H19ClN2O3. The molecule has 6 heteroatoms. The van der Waals surface area contributed by atoms with Gasteiger partial charge in [-0.2, -0.15) is 0 Å². The number of fused-ring (bicyclic) bond motifs is 1. The lowest BCUT2D eigenvalue weighted by Gasteiger charge is -2.17. The Kier molecular flexibility index (Phi) is 4.91. The third-order valence-electron chi connectivity index (χ3n) is 4.65. The first-order chi connectivity index (χ1) is 13.9. The molecule has 0 aliphatic carbocycles. The zero-order valence-electron chi connectivity index (χ0n) is 15.9. The first-order valence-corrected chi connectivity index (χ1v) is 9.41. The molecule has 1 heterocycles. The Morgan fingerprint density at radius 1 is 1.00 bits per heavy atom. The first-order valence-electron chi connectivity index (χ1n) is 9.03. The lowest BCUT2D eigenvalue weighted by molar-refractivity contribution is 0.481. The average molecular weight is 407 g/mol. The zero-order chi connectivity index (χ0) is 20.5. The van der Waals surface area contributed by atoms with Gasteiger partial charge in [0, 0.05) is 24.5 Å². The summed E-state index contributed by atoms with van der Waals surface area (Å²) < 4.78 is 6.06. The van der Waals surface area contributed by atoms with Gasteiger partial charge < -0.3 is 19.7 Å². The minimum absolute atomic E-state index is 0.0914. The molecule has 4 rings (SSSR count). The number of aromatic nitrogens is 1. The second kappa shape index (κ2) is 7.53. The number of anilines is 1. The second-order valence-electron chi connectivity index (χ2n) is 6.86. The number of rotatable bonds is 4. The third kappa shape index (κ3) is 3.65. The summed E-state index contributed by atoms with van der Waals surface area (Å²) in [6, 6.07) is 19.7. The Morgan fingerprint density at radius 3 is 2.59 bits per heavy atom. The van der Waals surface area contributed by atoms with Crippen LogP contribution in [0.5, 0.6) is 17.2 Å². The molecule has 0 saturated heterocycles. The highest BCUT2D eigenvalue weighted by atomic mass is 35.5. The predicted molar refractivity (Wildman–Crippen MR) is 118 cm³/mol. The van der Waals surface area contributed by atoms with E-state index in [1.807, 2.05) is 49.3 Å². The molecule has 0 atom stereocenters. The maximum absolute atomic E-state index is 12.7. The summed E-state index contributed by atoms with van der Waals surface area (Å²) in [4.78, 5) is 17.4. The second-order valence-corrected chi connectivity index (χ2v) is 7.30. The number of ether oxygens (including phenoxy) is 1. The molecule has 0 fully saturated rings. The number of pyridine rings is 1. The highest BCUT2D eigenvalue weighted by Crippen LogP contribution is 2.36. The van der Waals surface area contributed by atoms with Gasteiger partial charge in [-0.25, -0.2) is 0 Å². The Balaban J connectivity index is 1.79. The van der Waals surface area contributed by atoms with Gasteiger partial charge in [-0.1, -0.05) is 35.9 Å². The molecule has 0 unspecified atom stereocenters. The van der Waals surface area contributed by atoms with Crippen molar-refractivity contribution < 1.29 is 9.84 Å². The van der Waals surface area contributed by atoms with Crippen LogP contribution < -0.4 is 15.2 Å². The van der Waals surface area contributed by atoms with Crippen molar-refractivity contribution in [2.45, 2.75) is 0 Å².